The van der Waals surface area contributed by atoms with Crippen LogP contribution >= 0.6 is 0 Å². The zero-order valence-electron chi connectivity index (χ0n) is 31.5. The van der Waals surface area contributed by atoms with E-state index in [0.29, 0.717) is 56.3 Å². The lowest BCUT2D eigenvalue weighted by atomic mass is 9.42. The Hall–Kier alpha value is -4.29. The molecule has 13 heteroatoms. The van der Waals surface area contributed by atoms with E-state index in [1.165, 1.54) is 7.11 Å². The van der Waals surface area contributed by atoms with Gasteiger partial charge in [0, 0.05) is 35.9 Å². The molecule has 6 rings (SSSR count). The van der Waals surface area contributed by atoms with Crippen molar-refractivity contribution in [3.63, 3.8) is 0 Å². The second-order valence-electron chi connectivity index (χ2n) is 16.6. The lowest BCUT2D eigenvalue weighted by molar-refractivity contribution is -0.176. The molecule has 0 aliphatic heterocycles. The lowest BCUT2D eigenvalue weighted by Gasteiger charge is -2.65. The van der Waals surface area contributed by atoms with E-state index in [2.05, 4.69) is 47.4 Å². The quantitative estimate of drug-likeness (QED) is 0.166. The van der Waals surface area contributed by atoms with Crippen molar-refractivity contribution in [1.29, 1.82) is 0 Å². The fourth-order valence-corrected chi connectivity index (χ4v) is 11.4. The summed E-state index contributed by atoms with van der Waals surface area (Å²) in [5.74, 6) is -1.85. The van der Waals surface area contributed by atoms with Gasteiger partial charge in [-0.1, -0.05) is 57.2 Å². The number of fused-ring (bicyclic) bond motifs is 5. The first kappa shape index (κ1) is 39.4. The molecule has 5 amide bonds. The molecule has 10 nitrogen and oxygen atoms in total. The maximum Gasteiger partial charge on any atom is 0.471 e. The first-order valence-electron chi connectivity index (χ1n) is 19.3. The number of halogens is 3. The Morgan fingerprint density at radius 2 is 1.43 bits per heavy atom. The highest BCUT2D eigenvalue weighted by Crippen LogP contribution is 2.68. The molecule has 0 saturated heterocycles. The van der Waals surface area contributed by atoms with E-state index < -0.39 is 23.5 Å². The third-order valence-electron chi connectivity index (χ3n) is 13.9. The monoisotopic (exact) mass is 753 g/mol. The summed E-state index contributed by atoms with van der Waals surface area (Å²) in [6, 6.07) is 16.5. The van der Waals surface area contributed by atoms with E-state index in [-0.39, 0.29) is 71.0 Å². The van der Waals surface area contributed by atoms with Crippen LogP contribution in [-0.2, 0) is 14.3 Å². The predicted octanol–water partition coefficient (Wildman–Crippen LogP) is 7.88. The van der Waals surface area contributed by atoms with Crippen molar-refractivity contribution in [2.24, 2.45) is 46.3 Å². The molecule has 0 bridgehead atoms. The van der Waals surface area contributed by atoms with Crippen molar-refractivity contribution in [1.82, 2.24) is 16.0 Å². The SMILES string of the molecule is COC(=O)CC[C@@H](C)[C@H]1CC[C@H]2[C@@H]3[C@H](NC(=O)Nc4ccccc4)C[C@@H]4C[C@H](NC(=O)C(F)(F)F)CC[C@]4(C)[C@H]3C[C@H](NC(=O)Nc3ccccc3)[C@]12C. The number of para-hydroxylation sites is 2. The van der Waals surface area contributed by atoms with Crippen molar-refractivity contribution in [3.8, 4) is 0 Å². The number of hydrogen-bond donors (Lipinski definition) is 5. The van der Waals surface area contributed by atoms with E-state index in [9.17, 15) is 32.3 Å². The number of amides is 5. The van der Waals surface area contributed by atoms with Crippen molar-refractivity contribution in [3.05, 3.63) is 60.7 Å². The summed E-state index contributed by atoms with van der Waals surface area (Å²) in [7, 11) is 1.39. The number of hydrogen-bond acceptors (Lipinski definition) is 5. The minimum Gasteiger partial charge on any atom is -0.469 e. The van der Waals surface area contributed by atoms with Gasteiger partial charge < -0.3 is 31.3 Å². The van der Waals surface area contributed by atoms with Crippen molar-refractivity contribution in [2.75, 3.05) is 17.7 Å². The molecule has 2 aromatic carbocycles. The summed E-state index contributed by atoms with van der Waals surface area (Å²) < 4.78 is 45.0. The number of methoxy groups -OCH3 is 1. The Kier molecular flexibility index (Phi) is 11.5. The maximum absolute atomic E-state index is 13.8. The average molecular weight is 754 g/mol. The van der Waals surface area contributed by atoms with Gasteiger partial charge in [0.15, 0.2) is 0 Å². The molecule has 0 spiro atoms. The van der Waals surface area contributed by atoms with Gasteiger partial charge >= 0.3 is 30.1 Å². The Labute approximate surface area is 315 Å². The minimum atomic E-state index is -4.97. The normalized spacial score (nSPS) is 33.5. The van der Waals surface area contributed by atoms with Crippen LogP contribution in [0.5, 0.6) is 0 Å². The topological polar surface area (TPSA) is 138 Å². The Morgan fingerprint density at radius 3 is 2.02 bits per heavy atom. The molecule has 54 heavy (non-hydrogen) atoms. The number of esters is 1. The summed E-state index contributed by atoms with van der Waals surface area (Å²) >= 11 is 0. The maximum atomic E-state index is 13.8. The molecule has 2 aromatic rings. The van der Waals surface area contributed by atoms with Gasteiger partial charge in [0.2, 0.25) is 0 Å². The number of nitrogens with one attached hydrogen (secondary N) is 5. The van der Waals surface area contributed by atoms with E-state index >= 15 is 0 Å². The molecule has 4 aliphatic rings. The Bertz CT molecular complexity index is 1660. The first-order valence-corrected chi connectivity index (χ1v) is 19.3. The molecule has 0 heterocycles. The summed E-state index contributed by atoms with van der Waals surface area (Å²) in [6.07, 6.45) is 0.270. The number of rotatable bonds is 9. The van der Waals surface area contributed by atoms with Crippen molar-refractivity contribution in [2.45, 2.75) is 103 Å². The zero-order chi connectivity index (χ0) is 38.8. The van der Waals surface area contributed by atoms with E-state index in [1.54, 1.807) is 12.1 Å². The number of carbonyl (C=O) groups is 4. The zero-order valence-corrected chi connectivity index (χ0v) is 31.5. The molecule has 4 saturated carbocycles. The number of ether oxygens (including phenoxy) is 1. The predicted molar refractivity (Wildman–Crippen MR) is 199 cm³/mol. The van der Waals surface area contributed by atoms with Crippen LogP contribution in [0.2, 0.25) is 0 Å². The standard InChI is InChI=1S/C41H54F3N5O5/c1-24(15-18-34(50)54-4)29-16-17-30-35-31(23-33(40(29,30)3)49-38(53)47-27-13-9-6-10-14-27)39(2)20-19-28(45-36(51)41(42,43)44)21-25(39)22-32(35)48-37(52)46-26-11-7-5-8-12-26/h5-14,24-25,28-33,35H,15-23H2,1-4H3,(H,45,51)(H2,46,48,52)(H2,47,49,53)/t24-,25+,28-,29-,30+,31+,32-,33+,35+,39+,40-/m1/s1. The van der Waals surface area contributed by atoms with Crippen LogP contribution in [0.4, 0.5) is 34.1 Å². The number of alkyl halides is 3. The molecule has 294 valence electrons. The molecule has 4 fully saturated rings. The first-order chi connectivity index (χ1) is 25.6. The summed E-state index contributed by atoms with van der Waals surface area (Å²) in [5, 5.41) is 14.9. The van der Waals surface area contributed by atoms with Crippen LogP contribution in [-0.4, -0.2) is 55.4 Å². The van der Waals surface area contributed by atoms with Gasteiger partial charge in [0.1, 0.15) is 0 Å². The minimum absolute atomic E-state index is 0.0155. The largest absolute Gasteiger partial charge is 0.471 e. The third kappa shape index (κ3) is 8.05. The van der Waals surface area contributed by atoms with Gasteiger partial charge in [-0.2, -0.15) is 13.2 Å². The summed E-state index contributed by atoms with van der Waals surface area (Å²) in [5.41, 5.74) is 0.589. The van der Waals surface area contributed by atoms with E-state index in [0.717, 1.165) is 12.8 Å². The molecule has 4 aliphatic carbocycles. The van der Waals surface area contributed by atoms with E-state index in [1.807, 2.05) is 48.5 Å². The number of anilines is 2. The molecule has 5 N–H and O–H groups in total. The summed E-state index contributed by atoms with van der Waals surface area (Å²) in [4.78, 5) is 51.8. The van der Waals surface area contributed by atoms with Gasteiger partial charge in [-0.15, -0.1) is 0 Å². The van der Waals surface area contributed by atoms with Crippen molar-refractivity contribution >= 4 is 35.3 Å². The van der Waals surface area contributed by atoms with Gasteiger partial charge in [-0.3, -0.25) is 9.59 Å². The highest BCUT2D eigenvalue weighted by atomic mass is 19.4. The van der Waals surface area contributed by atoms with Crippen LogP contribution in [0.15, 0.2) is 60.7 Å². The molecular weight excluding hydrogens is 699 g/mol. The Balaban J connectivity index is 1.35. The second-order valence-corrected chi connectivity index (χ2v) is 16.6. The lowest BCUT2D eigenvalue weighted by Crippen LogP contribution is -2.68. The number of carbonyl (C=O) groups excluding carboxylic acids is 4. The molecule has 0 aromatic heterocycles. The van der Waals surface area contributed by atoms with Crippen LogP contribution in [0.25, 0.3) is 0 Å². The van der Waals surface area contributed by atoms with Gasteiger partial charge in [0.25, 0.3) is 0 Å². The highest BCUT2D eigenvalue weighted by molar-refractivity contribution is 5.90. The fourth-order valence-electron chi connectivity index (χ4n) is 11.4. The van der Waals surface area contributed by atoms with Gasteiger partial charge in [-0.25, -0.2) is 9.59 Å². The van der Waals surface area contributed by atoms with Crippen molar-refractivity contribution < 1.29 is 37.1 Å². The fraction of sp³-hybridized carbons (Fsp3) is 0.610. The average Bonchev–Trinajstić information content (AvgIpc) is 3.49. The number of urea groups is 2. The second kappa shape index (κ2) is 15.8. The number of benzene rings is 2. The van der Waals surface area contributed by atoms with Crippen LogP contribution in [0.3, 0.4) is 0 Å². The third-order valence-corrected chi connectivity index (χ3v) is 13.9. The van der Waals surface area contributed by atoms with Crippen LogP contribution in [0.1, 0.15) is 78.6 Å². The summed E-state index contributed by atoms with van der Waals surface area (Å²) in [6.45, 7) is 6.67. The van der Waals surface area contributed by atoms with Gasteiger partial charge in [-0.05, 0) is 122 Å². The van der Waals surface area contributed by atoms with Gasteiger partial charge in [0.05, 0.1) is 7.11 Å². The highest BCUT2D eigenvalue weighted by Gasteiger charge is 2.66. The molecule has 0 unspecified atom stereocenters. The Morgan fingerprint density at radius 1 is 0.815 bits per heavy atom. The molecule has 0 radical (unpaired) electrons. The smallest absolute Gasteiger partial charge is 0.469 e. The van der Waals surface area contributed by atoms with E-state index in [4.69, 9.17) is 4.74 Å². The molecule has 11 atom stereocenters. The van der Waals surface area contributed by atoms with Crippen LogP contribution in [0, 0.1) is 46.3 Å². The molecular formula is C41H54F3N5O5. The van der Waals surface area contributed by atoms with Crippen LogP contribution < -0.4 is 26.6 Å².